The zero-order valence-corrected chi connectivity index (χ0v) is 18.8. The third-order valence-electron chi connectivity index (χ3n) is 5.21. The monoisotopic (exact) mass is 398 g/mol. The topological polar surface area (TPSA) is 41.5 Å². The van der Waals surface area contributed by atoms with Crippen molar-refractivity contribution >= 4 is 11.6 Å². The Balaban J connectivity index is 1.91. The van der Waals surface area contributed by atoms with Gasteiger partial charge in [0.1, 0.15) is 0 Å². The predicted molar refractivity (Wildman–Crippen MR) is 126 cm³/mol. The molecule has 0 aromatic heterocycles. The molecule has 0 unspecified atom stereocenters. The molecule has 0 atom stereocenters. The highest BCUT2D eigenvalue weighted by Gasteiger charge is 2.01. The molecule has 0 fully saturated rings. The van der Waals surface area contributed by atoms with Crippen molar-refractivity contribution in [2.45, 2.75) is 104 Å². The van der Waals surface area contributed by atoms with E-state index in [0.29, 0.717) is 6.42 Å². The molecule has 0 bridgehead atoms. The van der Waals surface area contributed by atoms with Crippen LogP contribution < -0.4 is 5.43 Å². The summed E-state index contributed by atoms with van der Waals surface area (Å²) in [5.74, 6) is 0.0120. The average molecular weight is 399 g/mol. The van der Waals surface area contributed by atoms with E-state index in [9.17, 15) is 4.79 Å². The summed E-state index contributed by atoms with van der Waals surface area (Å²) < 4.78 is 0. The summed E-state index contributed by atoms with van der Waals surface area (Å²) in [7, 11) is 0. The molecule has 3 nitrogen and oxygen atoms in total. The fourth-order valence-corrected chi connectivity index (χ4v) is 3.30. The van der Waals surface area contributed by atoms with Crippen LogP contribution in [0.5, 0.6) is 0 Å². The minimum atomic E-state index is 0.0120. The highest BCUT2D eigenvalue weighted by atomic mass is 16.2. The summed E-state index contributed by atoms with van der Waals surface area (Å²) in [4.78, 5) is 11.9. The van der Waals surface area contributed by atoms with Crippen molar-refractivity contribution in [3.8, 4) is 0 Å². The maximum atomic E-state index is 11.9. The normalized spacial score (nSPS) is 11.9. The lowest BCUT2D eigenvalue weighted by molar-refractivity contribution is -0.121. The Morgan fingerprint density at radius 3 is 2.00 bits per heavy atom. The molecular formula is C26H42N2O. The number of nitrogens with one attached hydrogen (secondary N) is 1. The number of hydrogen-bond acceptors (Lipinski definition) is 2. The molecule has 1 aromatic rings. The van der Waals surface area contributed by atoms with Gasteiger partial charge >= 0.3 is 0 Å². The van der Waals surface area contributed by atoms with Gasteiger partial charge in [-0.05, 0) is 44.6 Å². The molecule has 0 saturated heterocycles. The van der Waals surface area contributed by atoms with Crippen LogP contribution in [0.4, 0.5) is 0 Å². The van der Waals surface area contributed by atoms with Crippen LogP contribution in [0.15, 0.2) is 47.6 Å². The van der Waals surface area contributed by atoms with Crippen LogP contribution in [0.2, 0.25) is 0 Å². The van der Waals surface area contributed by atoms with Crippen LogP contribution in [-0.4, -0.2) is 11.6 Å². The zero-order chi connectivity index (χ0) is 21.0. The maximum Gasteiger partial charge on any atom is 0.240 e. The van der Waals surface area contributed by atoms with Crippen LogP contribution in [0, 0.1) is 0 Å². The Labute approximate surface area is 179 Å². The highest BCUT2D eigenvalue weighted by molar-refractivity contribution is 5.99. The second-order valence-electron chi connectivity index (χ2n) is 7.93. The first kappa shape index (κ1) is 25.1. The molecule has 1 amide bonds. The number of hydrogen-bond donors (Lipinski definition) is 1. The minimum absolute atomic E-state index is 0.0120. The smallest absolute Gasteiger partial charge is 0.240 e. The van der Waals surface area contributed by atoms with Gasteiger partial charge < -0.3 is 0 Å². The molecule has 0 saturated carbocycles. The highest BCUT2D eigenvalue weighted by Crippen LogP contribution is 2.10. The molecule has 1 rings (SSSR count). The maximum absolute atomic E-state index is 11.9. The van der Waals surface area contributed by atoms with E-state index < -0.39 is 0 Å². The molecule has 0 radical (unpaired) electrons. The van der Waals surface area contributed by atoms with Gasteiger partial charge in [0.25, 0.3) is 0 Å². The molecule has 0 aliphatic rings. The van der Waals surface area contributed by atoms with Crippen LogP contribution in [0.25, 0.3) is 0 Å². The lowest BCUT2D eigenvalue weighted by Gasteiger charge is -2.03. The minimum Gasteiger partial charge on any atom is -0.273 e. The van der Waals surface area contributed by atoms with Crippen LogP contribution in [0.1, 0.15) is 109 Å². The van der Waals surface area contributed by atoms with Crippen molar-refractivity contribution in [2.75, 3.05) is 0 Å². The van der Waals surface area contributed by atoms with E-state index in [1.807, 2.05) is 37.3 Å². The van der Waals surface area contributed by atoms with E-state index in [4.69, 9.17) is 0 Å². The third kappa shape index (κ3) is 14.7. The first-order valence-electron chi connectivity index (χ1n) is 11.8. The lowest BCUT2D eigenvalue weighted by Crippen LogP contribution is -2.18. The molecule has 0 aliphatic heterocycles. The van der Waals surface area contributed by atoms with Crippen LogP contribution in [0.3, 0.4) is 0 Å². The molecule has 3 heteroatoms. The Morgan fingerprint density at radius 1 is 0.828 bits per heavy atom. The summed E-state index contributed by atoms with van der Waals surface area (Å²) in [6.45, 7) is 4.18. The molecule has 0 heterocycles. The summed E-state index contributed by atoms with van der Waals surface area (Å²) in [6, 6.07) is 9.91. The van der Waals surface area contributed by atoms with Gasteiger partial charge in [-0.25, -0.2) is 5.43 Å². The Bertz CT molecular complexity index is 578. The standard InChI is InChI=1S/C26H42N2O/c1-3-4-5-6-7-8-9-10-11-12-13-14-15-16-20-23-26(29)28-27-24(2)25-21-18-17-19-22-25/h10-11,17-19,21-22H,3-9,12-16,20,23H2,1-2H3,(H,28,29)/b11-10-,27-24?. The van der Waals surface area contributed by atoms with Crippen molar-refractivity contribution in [2.24, 2.45) is 5.10 Å². The number of carbonyl (C=O) groups excluding carboxylic acids is 1. The van der Waals surface area contributed by atoms with E-state index in [0.717, 1.165) is 24.1 Å². The van der Waals surface area contributed by atoms with Gasteiger partial charge in [-0.15, -0.1) is 0 Å². The Hall–Kier alpha value is -1.90. The number of hydrazone groups is 1. The van der Waals surface area contributed by atoms with Gasteiger partial charge in [-0.2, -0.15) is 5.10 Å². The van der Waals surface area contributed by atoms with Crippen LogP contribution in [-0.2, 0) is 4.79 Å². The van der Waals surface area contributed by atoms with Gasteiger partial charge in [-0.1, -0.05) is 101 Å². The lowest BCUT2D eigenvalue weighted by atomic mass is 10.1. The number of amides is 1. The summed E-state index contributed by atoms with van der Waals surface area (Å²) >= 11 is 0. The second kappa shape index (κ2) is 18.1. The molecule has 162 valence electrons. The number of nitrogens with zero attached hydrogens (tertiary/aromatic N) is 1. The SMILES string of the molecule is CCCCCCCC/C=C\CCCCCCCC(=O)NN=C(C)c1ccccc1. The zero-order valence-electron chi connectivity index (χ0n) is 18.8. The van der Waals surface area contributed by atoms with Crippen molar-refractivity contribution in [3.63, 3.8) is 0 Å². The van der Waals surface area contributed by atoms with Gasteiger partial charge in [0.15, 0.2) is 0 Å². The molecule has 1 N–H and O–H groups in total. The molecule has 0 spiro atoms. The van der Waals surface area contributed by atoms with Crippen LogP contribution >= 0.6 is 0 Å². The molecule has 1 aromatic carbocycles. The molecule has 29 heavy (non-hydrogen) atoms. The predicted octanol–water partition coefficient (Wildman–Crippen LogP) is 7.56. The first-order valence-corrected chi connectivity index (χ1v) is 11.8. The van der Waals surface area contributed by atoms with Crippen molar-refractivity contribution < 1.29 is 4.79 Å². The largest absolute Gasteiger partial charge is 0.273 e. The number of rotatable bonds is 17. The number of allylic oxidation sites excluding steroid dienone is 2. The van der Waals surface area contributed by atoms with Gasteiger partial charge in [-0.3, -0.25) is 4.79 Å². The van der Waals surface area contributed by atoms with Crippen molar-refractivity contribution in [1.82, 2.24) is 5.43 Å². The van der Waals surface area contributed by atoms with E-state index in [-0.39, 0.29) is 5.91 Å². The van der Waals surface area contributed by atoms with Gasteiger partial charge in [0.05, 0.1) is 5.71 Å². The molecule has 0 aliphatic carbocycles. The van der Waals surface area contributed by atoms with Crippen molar-refractivity contribution in [1.29, 1.82) is 0 Å². The van der Waals surface area contributed by atoms with E-state index in [1.165, 1.54) is 70.6 Å². The quantitative estimate of drug-likeness (QED) is 0.125. The fraction of sp³-hybridized carbons (Fsp3) is 0.615. The van der Waals surface area contributed by atoms with Gasteiger partial charge in [0, 0.05) is 6.42 Å². The number of benzene rings is 1. The van der Waals surface area contributed by atoms with Gasteiger partial charge in [0.2, 0.25) is 5.91 Å². The number of carbonyl (C=O) groups is 1. The summed E-state index contributed by atoms with van der Waals surface area (Å²) in [5, 5.41) is 4.19. The van der Waals surface area contributed by atoms with Crippen molar-refractivity contribution in [3.05, 3.63) is 48.0 Å². The van der Waals surface area contributed by atoms with E-state index >= 15 is 0 Å². The Morgan fingerprint density at radius 2 is 1.38 bits per heavy atom. The molecular weight excluding hydrogens is 356 g/mol. The third-order valence-corrected chi connectivity index (χ3v) is 5.21. The Kier molecular flexibility index (Phi) is 15.7. The number of unbranched alkanes of at least 4 members (excludes halogenated alkanes) is 11. The van der Waals surface area contributed by atoms with E-state index in [2.05, 4.69) is 29.6 Å². The first-order chi connectivity index (χ1) is 14.2. The fourth-order valence-electron chi connectivity index (χ4n) is 3.30. The van der Waals surface area contributed by atoms with E-state index in [1.54, 1.807) is 0 Å². The summed E-state index contributed by atoms with van der Waals surface area (Å²) in [5.41, 5.74) is 4.54. The average Bonchev–Trinajstić information content (AvgIpc) is 2.75. The second-order valence-corrected chi connectivity index (χ2v) is 7.93. The summed E-state index contributed by atoms with van der Waals surface area (Å²) in [6.07, 6.45) is 21.8.